The highest BCUT2D eigenvalue weighted by atomic mass is 16.5. The zero-order valence-electron chi connectivity index (χ0n) is 9.01. The summed E-state index contributed by atoms with van der Waals surface area (Å²) in [6, 6.07) is 1.57. The molecule has 1 aliphatic rings. The standard InChI is InChI=1S/C11H14N2O3/c1-7-4-10(13-16-7)11(15)12-9-3-2-8(5-9)6-14/h2-4,8-9,14H,5-6H2,1H3,(H,12,15)/t8-,9+/m0/s1. The number of nitrogens with zero attached hydrogens (tertiary/aromatic N) is 1. The topological polar surface area (TPSA) is 75.4 Å². The lowest BCUT2D eigenvalue weighted by molar-refractivity contribution is 0.0932. The van der Waals surface area contributed by atoms with E-state index in [0.717, 1.165) is 6.42 Å². The SMILES string of the molecule is Cc1cc(C(=O)N[C@@H]2C=C[C@H](CO)C2)no1. The van der Waals surface area contributed by atoms with Crippen molar-refractivity contribution in [2.75, 3.05) is 6.61 Å². The minimum atomic E-state index is -0.245. The van der Waals surface area contributed by atoms with Crippen molar-refractivity contribution in [3.05, 3.63) is 29.7 Å². The van der Waals surface area contributed by atoms with Gasteiger partial charge in [-0.1, -0.05) is 17.3 Å². The lowest BCUT2D eigenvalue weighted by Gasteiger charge is -2.10. The van der Waals surface area contributed by atoms with Crippen molar-refractivity contribution in [1.82, 2.24) is 10.5 Å². The number of hydrogen-bond donors (Lipinski definition) is 2. The normalized spacial score (nSPS) is 23.6. The molecule has 0 saturated heterocycles. The van der Waals surface area contributed by atoms with Gasteiger partial charge in [-0.3, -0.25) is 4.79 Å². The Morgan fingerprint density at radius 3 is 3.06 bits per heavy atom. The summed E-state index contributed by atoms with van der Waals surface area (Å²) in [6.07, 6.45) is 4.55. The van der Waals surface area contributed by atoms with Gasteiger partial charge in [-0.15, -0.1) is 0 Å². The van der Waals surface area contributed by atoms with Crippen molar-refractivity contribution in [3.8, 4) is 0 Å². The molecule has 0 aliphatic heterocycles. The Kier molecular flexibility index (Phi) is 3.05. The molecule has 0 radical (unpaired) electrons. The van der Waals surface area contributed by atoms with E-state index in [2.05, 4.69) is 10.5 Å². The summed E-state index contributed by atoms with van der Waals surface area (Å²) in [4.78, 5) is 11.7. The van der Waals surface area contributed by atoms with Crippen LogP contribution in [0.1, 0.15) is 22.7 Å². The number of amides is 1. The molecule has 0 spiro atoms. The lowest BCUT2D eigenvalue weighted by atomic mass is 10.1. The maximum absolute atomic E-state index is 11.7. The number of aliphatic hydroxyl groups is 1. The summed E-state index contributed by atoms with van der Waals surface area (Å²) in [5, 5.41) is 15.4. The molecule has 1 heterocycles. The van der Waals surface area contributed by atoms with Crippen molar-refractivity contribution in [2.45, 2.75) is 19.4 Å². The largest absolute Gasteiger partial charge is 0.396 e. The summed E-state index contributed by atoms with van der Waals surface area (Å²) in [5.74, 6) is 0.509. The van der Waals surface area contributed by atoms with Crippen LogP contribution in [0.5, 0.6) is 0 Å². The number of hydrogen-bond acceptors (Lipinski definition) is 4. The minimum absolute atomic E-state index is 0.0262. The number of aliphatic hydroxyl groups excluding tert-OH is 1. The minimum Gasteiger partial charge on any atom is -0.396 e. The van der Waals surface area contributed by atoms with Gasteiger partial charge in [-0.05, 0) is 13.3 Å². The van der Waals surface area contributed by atoms with Gasteiger partial charge in [0.15, 0.2) is 5.69 Å². The molecule has 16 heavy (non-hydrogen) atoms. The second-order valence-electron chi connectivity index (χ2n) is 3.97. The van der Waals surface area contributed by atoms with Crippen LogP contribution in [0.3, 0.4) is 0 Å². The Bertz CT molecular complexity index is 411. The molecule has 5 nitrogen and oxygen atoms in total. The molecule has 0 unspecified atom stereocenters. The molecular weight excluding hydrogens is 208 g/mol. The van der Waals surface area contributed by atoms with E-state index in [0.29, 0.717) is 11.5 Å². The Morgan fingerprint density at radius 2 is 2.50 bits per heavy atom. The van der Waals surface area contributed by atoms with E-state index in [1.54, 1.807) is 13.0 Å². The zero-order valence-corrected chi connectivity index (χ0v) is 9.01. The van der Waals surface area contributed by atoms with E-state index < -0.39 is 0 Å². The number of carbonyl (C=O) groups is 1. The summed E-state index contributed by atoms with van der Waals surface area (Å²) in [7, 11) is 0. The van der Waals surface area contributed by atoms with E-state index in [1.807, 2.05) is 12.2 Å². The van der Waals surface area contributed by atoms with Crippen LogP contribution in [-0.4, -0.2) is 28.8 Å². The molecule has 1 aromatic rings. The van der Waals surface area contributed by atoms with Crippen molar-refractivity contribution in [3.63, 3.8) is 0 Å². The molecule has 0 bridgehead atoms. The van der Waals surface area contributed by atoms with Gasteiger partial charge < -0.3 is 14.9 Å². The molecule has 2 atom stereocenters. The van der Waals surface area contributed by atoms with Crippen molar-refractivity contribution < 1.29 is 14.4 Å². The summed E-state index contributed by atoms with van der Waals surface area (Å²) in [6.45, 7) is 1.85. The van der Waals surface area contributed by atoms with Gasteiger partial charge in [-0.25, -0.2) is 0 Å². The molecule has 2 rings (SSSR count). The van der Waals surface area contributed by atoms with Gasteiger partial charge in [-0.2, -0.15) is 0 Å². The first kappa shape index (κ1) is 10.9. The maximum Gasteiger partial charge on any atom is 0.273 e. The van der Waals surface area contributed by atoms with Crippen LogP contribution < -0.4 is 5.32 Å². The highest BCUT2D eigenvalue weighted by molar-refractivity contribution is 5.92. The molecule has 5 heteroatoms. The Labute approximate surface area is 93.1 Å². The number of nitrogens with one attached hydrogen (secondary N) is 1. The van der Waals surface area contributed by atoms with Gasteiger partial charge in [0.05, 0.1) is 0 Å². The summed E-state index contributed by atoms with van der Waals surface area (Å²) < 4.78 is 4.82. The molecule has 86 valence electrons. The fourth-order valence-corrected chi connectivity index (χ4v) is 1.73. The third kappa shape index (κ3) is 2.30. The van der Waals surface area contributed by atoms with Crippen LogP contribution in [0.15, 0.2) is 22.7 Å². The van der Waals surface area contributed by atoms with Crippen LogP contribution in [0.25, 0.3) is 0 Å². The first-order valence-corrected chi connectivity index (χ1v) is 5.22. The van der Waals surface area contributed by atoms with Gasteiger partial charge in [0, 0.05) is 24.6 Å². The number of rotatable bonds is 3. The van der Waals surface area contributed by atoms with Crippen molar-refractivity contribution in [2.24, 2.45) is 5.92 Å². The molecule has 0 saturated carbocycles. The molecule has 1 aromatic heterocycles. The molecule has 1 aliphatic carbocycles. The van der Waals surface area contributed by atoms with Gasteiger partial charge in [0.25, 0.3) is 5.91 Å². The highest BCUT2D eigenvalue weighted by Crippen LogP contribution is 2.17. The molecule has 0 aromatic carbocycles. The van der Waals surface area contributed by atoms with Crippen molar-refractivity contribution >= 4 is 5.91 Å². The average molecular weight is 222 g/mol. The third-order valence-electron chi connectivity index (χ3n) is 2.58. The first-order chi connectivity index (χ1) is 7.69. The Hall–Kier alpha value is -1.62. The van der Waals surface area contributed by atoms with E-state index in [9.17, 15) is 4.79 Å². The molecule has 1 amide bonds. The maximum atomic E-state index is 11.7. The average Bonchev–Trinajstić information content (AvgIpc) is 2.87. The van der Waals surface area contributed by atoms with Crippen LogP contribution >= 0.6 is 0 Å². The predicted octanol–water partition coefficient (Wildman–Crippen LogP) is 0.650. The summed E-state index contributed by atoms with van der Waals surface area (Å²) in [5.41, 5.74) is 0.290. The van der Waals surface area contributed by atoms with Crippen LogP contribution in [0, 0.1) is 12.8 Å². The quantitative estimate of drug-likeness (QED) is 0.736. The van der Waals surface area contributed by atoms with E-state index in [4.69, 9.17) is 9.63 Å². The number of aromatic nitrogens is 1. The fraction of sp³-hybridized carbons (Fsp3) is 0.455. The van der Waals surface area contributed by atoms with E-state index >= 15 is 0 Å². The van der Waals surface area contributed by atoms with E-state index in [1.165, 1.54) is 0 Å². The molecule has 2 N–H and O–H groups in total. The van der Waals surface area contributed by atoms with Gasteiger partial charge in [0.1, 0.15) is 5.76 Å². The fourth-order valence-electron chi connectivity index (χ4n) is 1.73. The Morgan fingerprint density at radius 1 is 1.69 bits per heavy atom. The molecule has 0 fully saturated rings. The Balaban J connectivity index is 1.92. The van der Waals surface area contributed by atoms with E-state index in [-0.39, 0.29) is 24.5 Å². The first-order valence-electron chi connectivity index (χ1n) is 5.22. The second-order valence-corrected chi connectivity index (χ2v) is 3.97. The number of aryl methyl sites for hydroxylation is 1. The molecular formula is C11H14N2O3. The monoisotopic (exact) mass is 222 g/mol. The van der Waals surface area contributed by atoms with Crippen LogP contribution in [-0.2, 0) is 0 Å². The highest BCUT2D eigenvalue weighted by Gasteiger charge is 2.21. The van der Waals surface area contributed by atoms with Gasteiger partial charge >= 0.3 is 0 Å². The summed E-state index contributed by atoms with van der Waals surface area (Å²) >= 11 is 0. The third-order valence-corrected chi connectivity index (χ3v) is 2.58. The lowest BCUT2D eigenvalue weighted by Crippen LogP contribution is -2.33. The van der Waals surface area contributed by atoms with Crippen LogP contribution in [0.2, 0.25) is 0 Å². The second kappa shape index (κ2) is 4.49. The predicted molar refractivity (Wildman–Crippen MR) is 56.8 cm³/mol. The van der Waals surface area contributed by atoms with Crippen molar-refractivity contribution in [1.29, 1.82) is 0 Å². The zero-order chi connectivity index (χ0) is 11.5. The number of carbonyl (C=O) groups excluding carboxylic acids is 1. The van der Waals surface area contributed by atoms with Gasteiger partial charge in [0.2, 0.25) is 0 Å². The van der Waals surface area contributed by atoms with Crippen LogP contribution in [0.4, 0.5) is 0 Å². The smallest absolute Gasteiger partial charge is 0.273 e.